The van der Waals surface area contributed by atoms with Crippen molar-refractivity contribution in [3.8, 4) is 0 Å². The highest BCUT2D eigenvalue weighted by Crippen LogP contribution is 2.14. The maximum Gasteiger partial charge on any atom is 0.114 e. The van der Waals surface area contributed by atoms with E-state index in [1.807, 2.05) is 6.20 Å². The highest BCUT2D eigenvalue weighted by Gasteiger charge is 1.93. The Bertz CT molecular complexity index is 201. The molecule has 0 spiro atoms. The van der Waals surface area contributed by atoms with Crippen molar-refractivity contribution in [2.75, 3.05) is 5.75 Å². The van der Waals surface area contributed by atoms with Crippen LogP contribution in [-0.4, -0.2) is 15.7 Å². The molecule has 0 aromatic carbocycles. The van der Waals surface area contributed by atoms with E-state index in [0.29, 0.717) is 0 Å². The van der Waals surface area contributed by atoms with Gasteiger partial charge in [-0.3, -0.25) is 4.98 Å². The molecule has 1 rings (SSSR count). The fourth-order valence-electron chi connectivity index (χ4n) is 0.889. The molecule has 0 aliphatic carbocycles. The zero-order valence-corrected chi connectivity index (χ0v) is 8.18. The molecule has 0 saturated heterocycles. The number of hydrogen-bond donors (Lipinski definition) is 0. The molecule has 0 bridgehead atoms. The van der Waals surface area contributed by atoms with Gasteiger partial charge in [-0.05, 0) is 12.2 Å². The van der Waals surface area contributed by atoms with Crippen LogP contribution < -0.4 is 0 Å². The number of rotatable bonds is 5. The van der Waals surface area contributed by atoms with Crippen LogP contribution in [0.25, 0.3) is 0 Å². The first-order valence-electron chi connectivity index (χ1n) is 4.32. The van der Waals surface area contributed by atoms with Gasteiger partial charge in [-0.1, -0.05) is 19.8 Å². The lowest BCUT2D eigenvalue weighted by Gasteiger charge is -1.97. The van der Waals surface area contributed by atoms with Crippen LogP contribution in [0.15, 0.2) is 23.6 Å². The number of thioether (sulfide) groups is 1. The molecule has 66 valence electrons. The predicted octanol–water partition coefficient (Wildman–Crippen LogP) is 2.76. The second kappa shape index (κ2) is 6.00. The van der Waals surface area contributed by atoms with Crippen LogP contribution in [0.5, 0.6) is 0 Å². The summed E-state index contributed by atoms with van der Waals surface area (Å²) in [6, 6.07) is 0. The minimum absolute atomic E-state index is 1.04. The number of unbranched alkanes of at least 4 members (excludes halogenated alkanes) is 2. The van der Waals surface area contributed by atoms with Gasteiger partial charge < -0.3 is 0 Å². The number of hydrogen-bond acceptors (Lipinski definition) is 3. The van der Waals surface area contributed by atoms with Crippen molar-refractivity contribution in [1.82, 2.24) is 9.97 Å². The Hall–Kier alpha value is -0.570. The SMILES string of the molecule is CCCCCSc1cnccn1. The lowest BCUT2D eigenvalue weighted by molar-refractivity contribution is 0.778. The molecule has 3 heteroatoms. The predicted molar refractivity (Wildman–Crippen MR) is 52.3 cm³/mol. The fourth-order valence-corrected chi connectivity index (χ4v) is 1.72. The van der Waals surface area contributed by atoms with Crippen molar-refractivity contribution < 1.29 is 0 Å². The minimum Gasteiger partial charge on any atom is -0.260 e. The summed E-state index contributed by atoms with van der Waals surface area (Å²) in [5, 5.41) is 1.04. The van der Waals surface area contributed by atoms with Gasteiger partial charge in [0.1, 0.15) is 5.03 Å². The molecule has 0 aliphatic rings. The Labute approximate surface area is 77.8 Å². The largest absolute Gasteiger partial charge is 0.260 e. The van der Waals surface area contributed by atoms with Crippen molar-refractivity contribution in [3.05, 3.63) is 18.6 Å². The van der Waals surface area contributed by atoms with Crippen molar-refractivity contribution >= 4 is 11.8 Å². The van der Waals surface area contributed by atoms with E-state index in [1.165, 1.54) is 19.3 Å². The molecule has 0 aliphatic heterocycles. The normalized spacial score (nSPS) is 10.1. The summed E-state index contributed by atoms with van der Waals surface area (Å²) in [7, 11) is 0. The Kier molecular flexibility index (Phi) is 4.76. The van der Waals surface area contributed by atoms with Crippen LogP contribution in [0.2, 0.25) is 0 Å². The van der Waals surface area contributed by atoms with Crippen LogP contribution in [0.1, 0.15) is 26.2 Å². The average Bonchev–Trinajstić information content (AvgIpc) is 2.14. The molecule has 1 aromatic heterocycles. The Morgan fingerprint density at radius 1 is 1.33 bits per heavy atom. The lowest BCUT2D eigenvalue weighted by atomic mass is 10.3. The topological polar surface area (TPSA) is 25.8 Å². The van der Waals surface area contributed by atoms with Gasteiger partial charge >= 0.3 is 0 Å². The van der Waals surface area contributed by atoms with Crippen LogP contribution in [0, 0.1) is 0 Å². The second-order valence-corrected chi connectivity index (χ2v) is 3.71. The van der Waals surface area contributed by atoms with E-state index in [1.54, 1.807) is 24.2 Å². The van der Waals surface area contributed by atoms with Gasteiger partial charge in [-0.2, -0.15) is 0 Å². The minimum atomic E-state index is 1.04. The molecule has 2 nitrogen and oxygen atoms in total. The maximum atomic E-state index is 4.18. The first kappa shape index (κ1) is 9.52. The van der Waals surface area contributed by atoms with Crippen LogP contribution in [0.3, 0.4) is 0 Å². The molecule has 1 heterocycles. The second-order valence-electron chi connectivity index (χ2n) is 2.60. The molecule has 0 amide bonds. The van der Waals surface area contributed by atoms with E-state index < -0.39 is 0 Å². The fraction of sp³-hybridized carbons (Fsp3) is 0.556. The van der Waals surface area contributed by atoms with Crippen LogP contribution in [-0.2, 0) is 0 Å². The van der Waals surface area contributed by atoms with Gasteiger partial charge in [-0.15, -0.1) is 11.8 Å². The van der Waals surface area contributed by atoms with E-state index in [9.17, 15) is 0 Å². The highest BCUT2D eigenvalue weighted by molar-refractivity contribution is 7.99. The van der Waals surface area contributed by atoms with Gasteiger partial charge in [0.2, 0.25) is 0 Å². The van der Waals surface area contributed by atoms with Gasteiger partial charge in [-0.25, -0.2) is 4.98 Å². The molecular formula is C9H14N2S. The zero-order valence-electron chi connectivity index (χ0n) is 7.36. The average molecular weight is 182 g/mol. The summed E-state index contributed by atoms with van der Waals surface area (Å²) < 4.78 is 0. The maximum absolute atomic E-state index is 4.18. The van der Waals surface area contributed by atoms with Crippen molar-refractivity contribution in [2.24, 2.45) is 0 Å². The van der Waals surface area contributed by atoms with E-state index >= 15 is 0 Å². The monoisotopic (exact) mass is 182 g/mol. The third-order valence-electron chi connectivity index (χ3n) is 1.54. The Morgan fingerprint density at radius 3 is 2.92 bits per heavy atom. The number of aromatic nitrogens is 2. The summed E-state index contributed by atoms with van der Waals surface area (Å²) in [5.74, 6) is 1.16. The third kappa shape index (κ3) is 3.72. The first-order valence-corrected chi connectivity index (χ1v) is 5.31. The molecule has 0 atom stereocenters. The lowest BCUT2D eigenvalue weighted by Crippen LogP contribution is -1.83. The summed E-state index contributed by atoms with van der Waals surface area (Å²) >= 11 is 1.79. The van der Waals surface area contributed by atoms with Gasteiger partial charge in [0.05, 0.1) is 6.20 Å². The van der Waals surface area contributed by atoms with Gasteiger partial charge in [0.25, 0.3) is 0 Å². The quantitative estimate of drug-likeness (QED) is 0.517. The molecule has 12 heavy (non-hydrogen) atoms. The molecule has 0 radical (unpaired) electrons. The van der Waals surface area contributed by atoms with Crippen LogP contribution >= 0.6 is 11.8 Å². The van der Waals surface area contributed by atoms with E-state index in [2.05, 4.69) is 16.9 Å². The highest BCUT2D eigenvalue weighted by atomic mass is 32.2. The van der Waals surface area contributed by atoms with Crippen molar-refractivity contribution in [3.63, 3.8) is 0 Å². The Balaban J connectivity index is 2.16. The van der Waals surface area contributed by atoms with E-state index in [0.717, 1.165) is 10.8 Å². The van der Waals surface area contributed by atoms with E-state index in [-0.39, 0.29) is 0 Å². The van der Waals surface area contributed by atoms with Crippen LogP contribution in [0.4, 0.5) is 0 Å². The van der Waals surface area contributed by atoms with Crippen molar-refractivity contribution in [1.29, 1.82) is 0 Å². The number of nitrogens with zero attached hydrogens (tertiary/aromatic N) is 2. The summed E-state index contributed by atoms with van der Waals surface area (Å²) in [6.07, 6.45) is 9.13. The third-order valence-corrected chi connectivity index (χ3v) is 2.54. The molecule has 0 N–H and O–H groups in total. The molecule has 0 unspecified atom stereocenters. The molecule has 1 aromatic rings. The summed E-state index contributed by atoms with van der Waals surface area (Å²) in [4.78, 5) is 8.18. The zero-order chi connectivity index (χ0) is 8.65. The van der Waals surface area contributed by atoms with Gasteiger partial charge in [0.15, 0.2) is 0 Å². The standard InChI is InChI=1S/C9H14N2S/c1-2-3-4-7-12-9-8-10-5-6-11-9/h5-6,8H,2-4,7H2,1H3. The van der Waals surface area contributed by atoms with Gasteiger partial charge in [0, 0.05) is 12.4 Å². The molecular weight excluding hydrogens is 168 g/mol. The van der Waals surface area contributed by atoms with Crippen molar-refractivity contribution in [2.45, 2.75) is 31.2 Å². The first-order chi connectivity index (χ1) is 5.93. The molecule has 0 saturated carbocycles. The summed E-state index contributed by atoms with van der Waals surface area (Å²) in [5.41, 5.74) is 0. The smallest absolute Gasteiger partial charge is 0.114 e. The summed E-state index contributed by atoms with van der Waals surface area (Å²) in [6.45, 7) is 2.22. The molecule has 0 fully saturated rings. The van der Waals surface area contributed by atoms with E-state index in [4.69, 9.17) is 0 Å². The Morgan fingerprint density at radius 2 is 2.25 bits per heavy atom.